The Hall–Kier alpha value is -2.94. The number of carbonyl (C=O) groups excluding carboxylic acids is 1. The van der Waals surface area contributed by atoms with Crippen molar-refractivity contribution in [2.24, 2.45) is 5.73 Å². The van der Waals surface area contributed by atoms with Gasteiger partial charge < -0.3 is 25.8 Å². The second-order valence-corrected chi connectivity index (χ2v) is 8.84. The predicted molar refractivity (Wildman–Crippen MR) is 124 cm³/mol. The molecule has 1 amide bonds. The molecule has 3 heterocycles. The van der Waals surface area contributed by atoms with Crippen LogP contribution in [0.15, 0.2) is 47.8 Å². The Kier molecular flexibility index (Phi) is 5.95. The number of hydrogen-bond donors (Lipinski definition) is 3. The first-order valence-corrected chi connectivity index (χ1v) is 11.0. The van der Waals surface area contributed by atoms with E-state index in [1.165, 1.54) is 11.3 Å². The van der Waals surface area contributed by atoms with Crippen LogP contribution >= 0.6 is 11.3 Å². The fourth-order valence-electron chi connectivity index (χ4n) is 3.54. The molecule has 0 bridgehead atoms. The highest BCUT2D eigenvalue weighted by molar-refractivity contribution is 7.15. The monoisotopic (exact) mass is 438 g/mol. The van der Waals surface area contributed by atoms with Gasteiger partial charge in [0.25, 0.3) is 5.91 Å². The normalized spacial score (nSPS) is 14.5. The van der Waals surface area contributed by atoms with E-state index in [0.717, 1.165) is 35.6 Å². The summed E-state index contributed by atoms with van der Waals surface area (Å²) in [6.07, 6.45) is 0. The minimum absolute atomic E-state index is 0.430. The van der Waals surface area contributed by atoms with Crippen LogP contribution in [0.5, 0.6) is 0 Å². The van der Waals surface area contributed by atoms with Crippen molar-refractivity contribution < 1.29 is 14.6 Å². The minimum atomic E-state index is -0.927. The lowest BCUT2D eigenvalue weighted by Crippen LogP contribution is -2.36. The molecule has 3 aromatic rings. The van der Waals surface area contributed by atoms with Crippen LogP contribution in [0, 0.1) is 0 Å². The number of pyridine rings is 1. The molecule has 31 heavy (non-hydrogen) atoms. The number of amides is 1. The Morgan fingerprint density at radius 1 is 1.19 bits per heavy atom. The SMILES string of the molecule is CC(C)(O)c1ccc(-c2csc(Nc3cccc(N4CCOCC4)n3)c2C(N)=O)cc1. The van der Waals surface area contributed by atoms with Gasteiger partial charge in [-0.3, -0.25) is 4.79 Å². The average molecular weight is 439 g/mol. The van der Waals surface area contributed by atoms with Gasteiger partial charge >= 0.3 is 0 Å². The molecule has 1 saturated heterocycles. The number of morpholine rings is 1. The second-order valence-electron chi connectivity index (χ2n) is 7.96. The zero-order valence-electron chi connectivity index (χ0n) is 17.6. The number of nitrogens with one attached hydrogen (secondary N) is 1. The second kappa shape index (κ2) is 8.66. The molecule has 0 unspecified atom stereocenters. The summed E-state index contributed by atoms with van der Waals surface area (Å²) >= 11 is 1.41. The van der Waals surface area contributed by atoms with Crippen LogP contribution in [-0.4, -0.2) is 42.3 Å². The molecule has 8 heteroatoms. The molecule has 1 aliphatic rings. The first-order chi connectivity index (χ1) is 14.8. The van der Waals surface area contributed by atoms with Crippen molar-refractivity contribution in [1.29, 1.82) is 0 Å². The quantitative estimate of drug-likeness (QED) is 0.542. The summed E-state index contributed by atoms with van der Waals surface area (Å²) in [5.74, 6) is 1.01. The fourth-order valence-corrected chi connectivity index (χ4v) is 4.52. The molecular formula is C23H26N4O3S. The van der Waals surface area contributed by atoms with E-state index in [1.807, 2.05) is 47.8 Å². The summed E-state index contributed by atoms with van der Waals surface area (Å²) < 4.78 is 5.41. The third-order valence-corrected chi connectivity index (χ3v) is 6.15. The van der Waals surface area contributed by atoms with Crippen LogP contribution in [0.1, 0.15) is 29.8 Å². The van der Waals surface area contributed by atoms with Gasteiger partial charge in [0, 0.05) is 24.0 Å². The molecule has 7 nitrogen and oxygen atoms in total. The molecule has 0 spiro atoms. The van der Waals surface area contributed by atoms with Gasteiger partial charge in [-0.2, -0.15) is 0 Å². The van der Waals surface area contributed by atoms with Crippen molar-refractivity contribution in [2.45, 2.75) is 19.4 Å². The lowest BCUT2D eigenvalue weighted by Gasteiger charge is -2.28. The van der Waals surface area contributed by atoms with Crippen molar-refractivity contribution in [2.75, 3.05) is 36.5 Å². The highest BCUT2D eigenvalue weighted by atomic mass is 32.1. The van der Waals surface area contributed by atoms with Crippen LogP contribution in [0.4, 0.5) is 16.6 Å². The number of aromatic nitrogens is 1. The number of benzene rings is 1. The van der Waals surface area contributed by atoms with Crippen molar-refractivity contribution in [3.8, 4) is 11.1 Å². The largest absolute Gasteiger partial charge is 0.386 e. The van der Waals surface area contributed by atoms with Gasteiger partial charge in [-0.15, -0.1) is 11.3 Å². The first kappa shape index (κ1) is 21.3. The zero-order chi connectivity index (χ0) is 22.0. The van der Waals surface area contributed by atoms with Gasteiger partial charge in [0.1, 0.15) is 16.6 Å². The lowest BCUT2D eigenvalue weighted by atomic mass is 9.95. The maximum atomic E-state index is 12.3. The van der Waals surface area contributed by atoms with E-state index in [1.54, 1.807) is 13.8 Å². The van der Waals surface area contributed by atoms with Gasteiger partial charge in [-0.1, -0.05) is 30.3 Å². The van der Waals surface area contributed by atoms with E-state index < -0.39 is 11.5 Å². The smallest absolute Gasteiger partial charge is 0.252 e. The number of ether oxygens (including phenoxy) is 1. The third-order valence-electron chi connectivity index (χ3n) is 5.25. The lowest BCUT2D eigenvalue weighted by molar-refractivity contribution is 0.0786. The fraction of sp³-hybridized carbons (Fsp3) is 0.304. The van der Waals surface area contributed by atoms with E-state index in [9.17, 15) is 9.90 Å². The van der Waals surface area contributed by atoms with Crippen LogP contribution in [0.2, 0.25) is 0 Å². The number of nitrogens with two attached hydrogens (primary N) is 1. The van der Waals surface area contributed by atoms with E-state index in [4.69, 9.17) is 15.5 Å². The van der Waals surface area contributed by atoms with Gasteiger partial charge in [0.2, 0.25) is 0 Å². The highest BCUT2D eigenvalue weighted by Crippen LogP contribution is 2.37. The Balaban J connectivity index is 1.62. The number of aliphatic hydroxyl groups is 1. The maximum Gasteiger partial charge on any atom is 0.252 e. The van der Waals surface area contributed by atoms with Crippen LogP contribution in [0.25, 0.3) is 11.1 Å². The molecule has 1 aromatic carbocycles. The number of primary amides is 1. The number of rotatable bonds is 6. The molecule has 1 aliphatic heterocycles. The minimum Gasteiger partial charge on any atom is -0.386 e. The van der Waals surface area contributed by atoms with E-state index in [2.05, 4.69) is 10.2 Å². The summed E-state index contributed by atoms with van der Waals surface area (Å²) in [6.45, 7) is 6.44. The Bertz CT molecular complexity index is 1070. The highest BCUT2D eigenvalue weighted by Gasteiger charge is 2.21. The summed E-state index contributed by atoms with van der Waals surface area (Å²) in [7, 11) is 0. The van der Waals surface area contributed by atoms with Crippen LogP contribution in [-0.2, 0) is 10.3 Å². The standard InChI is InChI=1S/C23H26N4O3S/c1-23(2,29)16-8-6-15(7-9-16)17-14-31-22(20(17)21(24)28)26-18-4-3-5-19(25-18)27-10-12-30-13-11-27/h3-9,14,29H,10-13H2,1-2H3,(H2,24,28)(H,25,26). The average Bonchev–Trinajstić information content (AvgIpc) is 3.18. The van der Waals surface area contributed by atoms with Gasteiger partial charge in [-0.05, 0) is 37.1 Å². The van der Waals surface area contributed by atoms with E-state index in [0.29, 0.717) is 29.6 Å². The number of carbonyl (C=O) groups is 1. The Labute approximate surface area is 185 Å². The summed E-state index contributed by atoms with van der Waals surface area (Å²) in [6, 6.07) is 13.3. The molecule has 0 aliphatic carbocycles. The van der Waals surface area contributed by atoms with Crippen molar-refractivity contribution in [3.05, 3.63) is 59.0 Å². The molecule has 2 aromatic heterocycles. The number of anilines is 3. The molecule has 1 fully saturated rings. The van der Waals surface area contributed by atoms with Crippen molar-refractivity contribution in [3.63, 3.8) is 0 Å². The Morgan fingerprint density at radius 2 is 1.90 bits per heavy atom. The summed E-state index contributed by atoms with van der Waals surface area (Å²) in [5, 5.41) is 16.0. The molecule has 0 atom stereocenters. The van der Waals surface area contributed by atoms with Crippen molar-refractivity contribution >= 4 is 33.9 Å². The summed E-state index contributed by atoms with van der Waals surface area (Å²) in [5.41, 5.74) is 7.66. The van der Waals surface area contributed by atoms with Gasteiger partial charge in [-0.25, -0.2) is 4.98 Å². The maximum absolute atomic E-state index is 12.3. The van der Waals surface area contributed by atoms with Crippen LogP contribution in [0.3, 0.4) is 0 Å². The number of thiophene rings is 1. The number of hydrogen-bond acceptors (Lipinski definition) is 7. The first-order valence-electron chi connectivity index (χ1n) is 10.1. The van der Waals surface area contributed by atoms with E-state index >= 15 is 0 Å². The topological polar surface area (TPSA) is 101 Å². The number of nitrogens with zero attached hydrogens (tertiary/aromatic N) is 2. The molecule has 162 valence electrons. The predicted octanol–water partition coefficient (Wildman–Crippen LogP) is 3.72. The molecule has 4 rings (SSSR count). The van der Waals surface area contributed by atoms with Gasteiger partial charge in [0.15, 0.2) is 0 Å². The summed E-state index contributed by atoms with van der Waals surface area (Å²) in [4.78, 5) is 19.2. The molecule has 0 radical (unpaired) electrons. The third kappa shape index (κ3) is 4.71. The van der Waals surface area contributed by atoms with Gasteiger partial charge in [0.05, 0.1) is 24.4 Å². The van der Waals surface area contributed by atoms with Crippen LogP contribution < -0.4 is 16.0 Å². The van der Waals surface area contributed by atoms with E-state index in [-0.39, 0.29) is 0 Å². The molecular weight excluding hydrogens is 412 g/mol. The zero-order valence-corrected chi connectivity index (χ0v) is 18.4. The van der Waals surface area contributed by atoms with Crippen molar-refractivity contribution in [1.82, 2.24) is 4.98 Å². The molecule has 4 N–H and O–H groups in total. The molecule has 0 saturated carbocycles. The Morgan fingerprint density at radius 3 is 2.55 bits per heavy atom.